The summed E-state index contributed by atoms with van der Waals surface area (Å²) in [6.45, 7) is 3.05. The van der Waals surface area contributed by atoms with Crippen LogP contribution in [-0.4, -0.2) is 77.1 Å². The molecule has 0 bridgehead atoms. The minimum absolute atomic E-state index is 0.0458. The molecule has 1 amide bonds. The SMILES string of the molecule is COCC(=O)N[C@@H]1c2ccccc2[C@@H]2CN(Cc3ccncc3)C[C@H]12.O=C(O)C(F)(F)F.O=C(O)C(F)(F)F. The summed E-state index contributed by atoms with van der Waals surface area (Å²) in [7, 11) is 1.55. The van der Waals surface area contributed by atoms with Gasteiger partial charge in [-0.2, -0.15) is 26.3 Å². The maximum Gasteiger partial charge on any atom is 0.490 e. The van der Waals surface area contributed by atoms with Gasteiger partial charge >= 0.3 is 24.3 Å². The molecule has 1 fully saturated rings. The summed E-state index contributed by atoms with van der Waals surface area (Å²) in [5.74, 6) is -4.67. The molecule has 2 aliphatic rings. The Bertz CT molecular complexity index is 1110. The lowest BCUT2D eigenvalue weighted by Gasteiger charge is -2.23. The summed E-state index contributed by atoms with van der Waals surface area (Å²) in [6, 6.07) is 12.7. The zero-order valence-electron chi connectivity index (χ0n) is 20.4. The van der Waals surface area contributed by atoms with Gasteiger partial charge in [0.05, 0.1) is 6.04 Å². The number of benzene rings is 1. The van der Waals surface area contributed by atoms with Crippen molar-refractivity contribution in [2.45, 2.75) is 30.9 Å². The van der Waals surface area contributed by atoms with Gasteiger partial charge in [-0.25, -0.2) is 9.59 Å². The van der Waals surface area contributed by atoms with E-state index in [1.54, 1.807) is 7.11 Å². The number of amides is 1. The summed E-state index contributed by atoms with van der Waals surface area (Å²) in [6.07, 6.45) is -6.48. The number of carbonyl (C=O) groups excluding carboxylic acids is 1. The maximum absolute atomic E-state index is 12.1. The Morgan fingerprint density at radius 1 is 0.949 bits per heavy atom. The van der Waals surface area contributed by atoms with E-state index in [1.807, 2.05) is 12.4 Å². The fourth-order valence-electron chi connectivity index (χ4n) is 4.35. The smallest absolute Gasteiger partial charge is 0.475 e. The summed E-state index contributed by atoms with van der Waals surface area (Å²) < 4.78 is 68.5. The minimum Gasteiger partial charge on any atom is -0.475 e. The van der Waals surface area contributed by atoms with Gasteiger partial charge in [-0.15, -0.1) is 0 Å². The van der Waals surface area contributed by atoms with Crippen molar-refractivity contribution < 1.29 is 55.7 Å². The molecule has 214 valence electrons. The molecule has 9 nitrogen and oxygen atoms in total. The van der Waals surface area contributed by atoms with Crippen LogP contribution in [-0.2, 0) is 25.7 Å². The van der Waals surface area contributed by atoms with E-state index < -0.39 is 24.3 Å². The van der Waals surface area contributed by atoms with Crippen molar-refractivity contribution in [2.75, 3.05) is 26.8 Å². The van der Waals surface area contributed by atoms with E-state index in [9.17, 15) is 31.1 Å². The van der Waals surface area contributed by atoms with Crippen LogP contribution < -0.4 is 5.32 Å². The standard InChI is InChI=1S/C20H23N3O2.2C2HF3O2/c1-25-13-19(24)22-20-16-5-3-2-4-15(16)17-11-23(12-18(17)20)10-14-6-8-21-9-7-14;2*3-2(4,5)1(6)7/h2-9,17-18,20H,10-13H2,1H3,(H,22,24);2*(H,6,7)/t17-,18-,20+;;/m0../s1. The van der Waals surface area contributed by atoms with Crippen LogP contribution in [0.25, 0.3) is 0 Å². The molecule has 0 saturated carbocycles. The molecule has 0 radical (unpaired) electrons. The highest BCUT2D eigenvalue weighted by Gasteiger charge is 2.46. The van der Waals surface area contributed by atoms with E-state index in [2.05, 4.69) is 51.6 Å². The molecule has 1 aromatic carbocycles. The Kier molecular flexibility index (Phi) is 10.8. The number of halogens is 6. The third-order valence-electron chi connectivity index (χ3n) is 5.83. The molecule has 15 heteroatoms. The van der Waals surface area contributed by atoms with Gasteiger partial charge in [0, 0.05) is 51.0 Å². The Labute approximate surface area is 218 Å². The Balaban J connectivity index is 0.000000317. The number of carboxylic acids is 2. The van der Waals surface area contributed by atoms with Gasteiger partial charge in [-0.3, -0.25) is 14.7 Å². The molecular weight excluding hydrogens is 540 g/mol. The lowest BCUT2D eigenvalue weighted by atomic mass is 9.94. The molecule has 2 aromatic rings. The van der Waals surface area contributed by atoms with E-state index in [4.69, 9.17) is 24.5 Å². The second-order valence-corrected chi connectivity index (χ2v) is 8.53. The second-order valence-electron chi connectivity index (χ2n) is 8.53. The van der Waals surface area contributed by atoms with Crippen molar-refractivity contribution in [1.29, 1.82) is 0 Å². The number of nitrogens with one attached hydrogen (secondary N) is 1. The first-order chi connectivity index (χ1) is 18.1. The number of carbonyl (C=O) groups is 3. The van der Waals surface area contributed by atoms with Crippen molar-refractivity contribution in [3.05, 3.63) is 65.5 Å². The number of hydrogen-bond acceptors (Lipinski definition) is 6. The topological polar surface area (TPSA) is 129 Å². The number of alkyl halides is 6. The highest BCUT2D eigenvalue weighted by molar-refractivity contribution is 5.78. The molecule has 3 N–H and O–H groups in total. The third kappa shape index (κ3) is 9.21. The number of fused-ring (bicyclic) bond motifs is 3. The van der Waals surface area contributed by atoms with E-state index in [0.29, 0.717) is 11.8 Å². The van der Waals surface area contributed by atoms with Crippen LogP contribution >= 0.6 is 0 Å². The van der Waals surface area contributed by atoms with Gasteiger partial charge in [-0.1, -0.05) is 24.3 Å². The van der Waals surface area contributed by atoms with Gasteiger partial charge in [0.15, 0.2) is 0 Å². The first-order valence-corrected chi connectivity index (χ1v) is 11.2. The van der Waals surface area contributed by atoms with Gasteiger partial charge < -0.3 is 20.3 Å². The van der Waals surface area contributed by atoms with Crippen molar-refractivity contribution >= 4 is 17.8 Å². The molecular formula is C24H25F6N3O6. The first kappa shape index (κ1) is 31.5. The average molecular weight is 565 g/mol. The lowest BCUT2D eigenvalue weighted by Crippen LogP contribution is -2.35. The number of hydrogen-bond donors (Lipinski definition) is 3. The Hall–Kier alpha value is -3.72. The molecule has 2 heterocycles. The predicted octanol–water partition coefficient (Wildman–Crippen LogP) is 3.38. The highest BCUT2D eigenvalue weighted by Crippen LogP contribution is 2.49. The quantitative estimate of drug-likeness (QED) is 0.471. The number of rotatable bonds is 5. The van der Waals surface area contributed by atoms with Crippen LogP contribution in [0.4, 0.5) is 26.3 Å². The predicted molar refractivity (Wildman–Crippen MR) is 122 cm³/mol. The molecule has 4 rings (SSSR count). The fraction of sp³-hybridized carbons (Fsp3) is 0.417. The molecule has 1 aliphatic heterocycles. The molecule has 1 saturated heterocycles. The van der Waals surface area contributed by atoms with Crippen LogP contribution in [0, 0.1) is 5.92 Å². The van der Waals surface area contributed by atoms with Crippen molar-refractivity contribution in [3.8, 4) is 0 Å². The summed E-state index contributed by atoms with van der Waals surface area (Å²) in [4.78, 5) is 36.5. The lowest BCUT2D eigenvalue weighted by molar-refractivity contribution is -0.193. The number of aromatic nitrogens is 1. The molecule has 0 unspecified atom stereocenters. The van der Waals surface area contributed by atoms with Gasteiger partial charge in [-0.05, 0) is 28.8 Å². The zero-order chi connectivity index (χ0) is 29.4. The van der Waals surface area contributed by atoms with E-state index in [-0.39, 0.29) is 18.6 Å². The molecule has 1 aliphatic carbocycles. The summed E-state index contributed by atoms with van der Waals surface area (Å²) in [5, 5.41) is 17.4. The number of methoxy groups -OCH3 is 1. The summed E-state index contributed by atoms with van der Waals surface area (Å²) in [5.41, 5.74) is 3.93. The zero-order valence-corrected chi connectivity index (χ0v) is 20.4. The van der Waals surface area contributed by atoms with Crippen LogP contribution in [0.15, 0.2) is 48.8 Å². The van der Waals surface area contributed by atoms with E-state index >= 15 is 0 Å². The number of likely N-dealkylation sites (tertiary alicyclic amines) is 1. The van der Waals surface area contributed by atoms with E-state index in [1.165, 1.54) is 16.7 Å². The van der Waals surface area contributed by atoms with Gasteiger partial charge in [0.1, 0.15) is 6.61 Å². The second kappa shape index (κ2) is 13.4. The highest BCUT2D eigenvalue weighted by atomic mass is 19.4. The minimum atomic E-state index is -5.08. The van der Waals surface area contributed by atoms with Crippen molar-refractivity contribution in [2.24, 2.45) is 5.92 Å². The largest absolute Gasteiger partial charge is 0.490 e. The van der Waals surface area contributed by atoms with Crippen LogP contribution in [0.3, 0.4) is 0 Å². The maximum atomic E-state index is 12.1. The van der Waals surface area contributed by atoms with Crippen molar-refractivity contribution in [1.82, 2.24) is 15.2 Å². The first-order valence-electron chi connectivity index (χ1n) is 11.2. The molecule has 1 aromatic heterocycles. The van der Waals surface area contributed by atoms with Crippen molar-refractivity contribution in [3.63, 3.8) is 0 Å². The van der Waals surface area contributed by atoms with E-state index in [0.717, 1.165) is 19.6 Å². The average Bonchev–Trinajstić information content (AvgIpc) is 3.37. The Morgan fingerprint density at radius 2 is 1.46 bits per heavy atom. The summed E-state index contributed by atoms with van der Waals surface area (Å²) >= 11 is 0. The van der Waals surface area contributed by atoms with Crippen LogP contribution in [0.5, 0.6) is 0 Å². The van der Waals surface area contributed by atoms with Crippen LogP contribution in [0.1, 0.15) is 28.7 Å². The normalized spacial score (nSPS) is 19.9. The number of carboxylic acid groups (broad SMARTS) is 2. The fourth-order valence-corrected chi connectivity index (χ4v) is 4.35. The number of nitrogens with zero attached hydrogens (tertiary/aromatic N) is 2. The van der Waals surface area contributed by atoms with Gasteiger partial charge in [0.25, 0.3) is 0 Å². The van der Waals surface area contributed by atoms with Gasteiger partial charge in [0.2, 0.25) is 5.91 Å². The molecule has 0 spiro atoms. The molecule has 39 heavy (non-hydrogen) atoms. The monoisotopic (exact) mass is 565 g/mol. The molecule has 3 atom stereocenters. The third-order valence-corrected chi connectivity index (χ3v) is 5.83. The number of ether oxygens (including phenoxy) is 1. The van der Waals surface area contributed by atoms with Crippen LogP contribution in [0.2, 0.25) is 0 Å². The number of pyridine rings is 1. The number of aliphatic carboxylic acids is 2. The Morgan fingerprint density at radius 3 is 1.95 bits per heavy atom.